The molecule has 4 heteroatoms. The standard InChI is InChI=1S/C7H7NO3/c1-5(8-10)7(9)6-3-2-4-11-6/h2-4,10H,1H3/b8-5-. The van der Waals surface area contributed by atoms with E-state index in [-0.39, 0.29) is 11.5 Å². The van der Waals surface area contributed by atoms with E-state index in [1.165, 1.54) is 19.3 Å². The van der Waals surface area contributed by atoms with Crippen molar-refractivity contribution >= 4 is 11.5 Å². The first-order chi connectivity index (χ1) is 5.25. The number of rotatable bonds is 2. The molecule has 1 rings (SSSR count). The molecule has 0 aromatic carbocycles. The van der Waals surface area contributed by atoms with Crippen molar-refractivity contribution in [3.8, 4) is 0 Å². The van der Waals surface area contributed by atoms with Crippen molar-refractivity contribution in [2.24, 2.45) is 5.16 Å². The first-order valence-electron chi connectivity index (χ1n) is 3.02. The Morgan fingerprint density at radius 1 is 1.73 bits per heavy atom. The zero-order valence-electron chi connectivity index (χ0n) is 5.94. The van der Waals surface area contributed by atoms with Crippen molar-refractivity contribution in [1.82, 2.24) is 0 Å². The van der Waals surface area contributed by atoms with E-state index in [9.17, 15) is 4.79 Å². The molecule has 0 unspecified atom stereocenters. The van der Waals surface area contributed by atoms with Gasteiger partial charge in [-0.05, 0) is 19.1 Å². The number of nitrogens with zero attached hydrogens (tertiary/aromatic N) is 1. The van der Waals surface area contributed by atoms with Crippen LogP contribution in [-0.2, 0) is 0 Å². The zero-order chi connectivity index (χ0) is 8.27. The van der Waals surface area contributed by atoms with Crippen LogP contribution in [0.1, 0.15) is 17.5 Å². The van der Waals surface area contributed by atoms with Gasteiger partial charge < -0.3 is 9.62 Å². The van der Waals surface area contributed by atoms with Gasteiger partial charge >= 0.3 is 0 Å². The third-order valence-electron chi connectivity index (χ3n) is 1.22. The molecular weight excluding hydrogens is 146 g/mol. The lowest BCUT2D eigenvalue weighted by atomic mass is 10.2. The largest absolute Gasteiger partial charge is 0.461 e. The zero-order valence-corrected chi connectivity index (χ0v) is 5.94. The summed E-state index contributed by atoms with van der Waals surface area (Å²) in [5, 5.41) is 11.0. The van der Waals surface area contributed by atoms with Crippen LogP contribution in [0, 0.1) is 0 Å². The van der Waals surface area contributed by atoms with Crippen LogP contribution in [0.5, 0.6) is 0 Å². The van der Waals surface area contributed by atoms with Crippen LogP contribution < -0.4 is 0 Å². The summed E-state index contributed by atoms with van der Waals surface area (Å²) in [6, 6.07) is 3.11. The molecule has 11 heavy (non-hydrogen) atoms. The molecule has 0 aliphatic rings. The first-order valence-corrected chi connectivity index (χ1v) is 3.02. The normalized spacial score (nSPS) is 11.5. The summed E-state index contributed by atoms with van der Waals surface area (Å²) in [7, 11) is 0. The molecule has 0 spiro atoms. The molecule has 1 N–H and O–H groups in total. The number of carbonyl (C=O) groups is 1. The molecule has 0 amide bonds. The van der Waals surface area contributed by atoms with Crippen molar-refractivity contribution < 1.29 is 14.4 Å². The van der Waals surface area contributed by atoms with Gasteiger partial charge in [0, 0.05) is 0 Å². The molecule has 0 radical (unpaired) electrons. The maximum absolute atomic E-state index is 11.1. The van der Waals surface area contributed by atoms with Gasteiger partial charge in [0.25, 0.3) is 0 Å². The maximum Gasteiger partial charge on any atom is 0.245 e. The smallest absolute Gasteiger partial charge is 0.245 e. The Bertz CT molecular complexity index is 274. The van der Waals surface area contributed by atoms with Gasteiger partial charge in [-0.3, -0.25) is 4.79 Å². The highest BCUT2D eigenvalue weighted by molar-refractivity contribution is 6.44. The quantitative estimate of drug-likeness (QED) is 0.301. The van der Waals surface area contributed by atoms with Gasteiger partial charge in [-0.25, -0.2) is 0 Å². The summed E-state index contributed by atoms with van der Waals surface area (Å²) >= 11 is 0. The van der Waals surface area contributed by atoms with Crippen molar-refractivity contribution in [3.05, 3.63) is 24.2 Å². The highest BCUT2D eigenvalue weighted by atomic mass is 16.4. The fraction of sp³-hybridized carbons (Fsp3) is 0.143. The minimum atomic E-state index is -0.405. The second-order valence-corrected chi connectivity index (χ2v) is 1.99. The number of hydrogen-bond donors (Lipinski definition) is 1. The minimum Gasteiger partial charge on any atom is -0.461 e. The first kappa shape index (κ1) is 7.53. The van der Waals surface area contributed by atoms with Crippen LogP contribution >= 0.6 is 0 Å². The minimum absolute atomic E-state index is 0.0138. The van der Waals surface area contributed by atoms with Crippen LogP contribution in [-0.4, -0.2) is 16.7 Å². The lowest BCUT2D eigenvalue weighted by Gasteiger charge is -1.90. The molecule has 1 aromatic heterocycles. The molecule has 4 nitrogen and oxygen atoms in total. The molecule has 0 fully saturated rings. The number of furan rings is 1. The van der Waals surface area contributed by atoms with Gasteiger partial charge in [0.15, 0.2) is 5.76 Å². The van der Waals surface area contributed by atoms with Crippen LogP contribution in [0.3, 0.4) is 0 Å². The van der Waals surface area contributed by atoms with Gasteiger partial charge in [0.1, 0.15) is 5.71 Å². The molecule has 0 saturated carbocycles. The van der Waals surface area contributed by atoms with Crippen LogP contribution in [0.25, 0.3) is 0 Å². The highest BCUT2D eigenvalue weighted by Gasteiger charge is 2.11. The van der Waals surface area contributed by atoms with Gasteiger partial charge in [0.05, 0.1) is 6.26 Å². The molecule has 0 saturated heterocycles. The number of carbonyl (C=O) groups excluding carboxylic acids is 1. The molecular formula is C7H7NO3. The molecule has 58 valence electrons. The summed E-state index contributed by atoms with van der Waals surface area (Å²) < 4.78 is 4.78. The number of ketones is 1. The summed E-state index contributed by atoms with van der Waals surface area (Å²) in [6.07, 6.45) is 1.39. The summed E-state index contributed by atoms with van der Waals surface area (Å²) in [6.45, 7) is 1.41. The maximum atomic E-state index is 11.1. The Kier molecular flexibility index (Phi) is 2.06. The molecule has 0 aliphatic heterocycles. The van der Waals surface area contributed by atoms with Gasteiger partial charge in [0.2, 0.25) is 5.78 Å². The Morgan fingerprint density at radius 3 is 2.91 bits per heavy atom. The lowest BCUT2D eigenvalue weighted by Crippen LogP contribution is -2.08. The molecule has 1 heterocycles. The third-order valence-corrected chi connectivity index (χ3v) is 1.22. The predicted octanol–water partition coefficient (Wildman–Crippen LogP) is 1.31. The Hall–Kier alpha value is -1.58. The topological polar surface area (TPSA) is 62.8 Å². The second kappa shape index (κ2) is 3.01. The average Bonchev–Trinajstić information content (AvgIpc) is 2.53. The van der Waals surface area contributed by atoms with E-state index in [0.29, 0.717) is 0 Å². The van der Waals surface area contributed by atoms with Crippen molar-refractivity contribution in [3.63, 3.8) is 0 Å². The van der Waals surface area contributed by atoms with Crippen molar-refractivity contribution in [1.29, 1.82) is 0 Å². The van der Waals surface area contributed by atoms with Crippen molar-refractivity contribution in [2.75, 3.05) is 0 Å². The van der Waals surface area contributed by atoms with E-state index in [2.05, 4.69) is 5.16 Å². The summed E-state index contributed by atoms with van der Waals surface area (Å²) in [4.78, 5) is 11.1. The fourth-order valence-corrected chi connectivity index (χ4v) is 0.631. The van der Waals surface area contributed by atoms with Gasteiger partial charge in [-0.15, -0.1) is 0 Å². The lowest BCUT2D eigenvalue weighted by molar-refractivity contribution is 0.103. The molecule has 0 aliphatic carbocycles. The predicted molar refractivity (Wildman–Crippen MR) is 37.9 cm³/mol. The van der Waals surface area contributed by atoms with E-state index in [4.69, 9.17) is 9.62 Å². The molecule has 0 atom stereocenters. The second-order valence-electron chi connectivity index (χ2n) is 1.99. The van der Waals surface area contributed by atoms with E-state index in [0.717, 1.165) is 0 Å². The molecule has 0 bridgehead atoms. The van der Waals surface area contributed by atoms with E-state index >= 15 is 0 Å². The number of oxime groups is 1. The third kappa shape index (κ3) is 1.46. The van der Waals surface area contributed by atoms with E-state index in [1.807, 2.05) is 0 Å². The number of Topliss-reactive ketones (excluding diaryl/α,β-unsaturated/α-hetero) is 1. The van der Waals surface area contributed by atoms with E-state index in [1.54, 1.807) is 6.07 Å². The average molecular weight is 153 g/mol. The Labute approximate surface area is 63.1 Å². The van der Waals surface area contributed by atoms with Gasteiger partial charge in [-0.2, -0.15) is 0 Å². The Balaban J connectivity index is 2.87. The van der Waals surface area contributed by atoms with Gasteiger partial charge in [-0.1, -0.05) is 5.16 Å². The van der Waals surface area contributed by atoms with E-state index < -0.39 is 5.78 Å². The van der Waals surface area contributed by atoms with Crippen LogP contribution in [0.15, 0.2) is 28.0 Å². The number of hydrogen-bond acceptors (Lipinski definition) is 4. The molecule has 1 aromatic rings. The Morgan fingerprint density at radius 2 is 2.45 bits per heavy atom. The van der Waals surface area contributed by atoms with Crippen LogP contribution in [0.4, 0.5) is 0 Å². The summed E-state index contributed by atoms with van der Waals surface area (Å²) in [5.41, 5.74) is 0.0138. The fourth-order valence-electron chi connectivity index (χ4n) is 0.631. The monoisotopic (exact) mass is 153 g/mol. The van der Waals surface area contributed by atoms with Crippen LogP contribution in [0.2, 0.25) is 0 Å². The highest BCUT2D eigenvalue weighted by Crippen LogP contribution is 2.01. The summed E-state index contributed by atoms with van der Waals surface area (Å²) in [5.74, 6) is -0.224. The van der Waals surface area contributed by atoms with Crippen molar-refractivity contribution in [2.45, 2.75) is 6.92 Å². The SMILES string of the molecule is C/C(=N/O)C(=O)c1ccco1.